The monoisotopic (exact) mass is 280 g/mol. The fourth-order valence-corrected chi connectivity index (χ4v) is 3.52. The van der Waals surface area contributed by atoms with Crippen molar-refractivity contribution in [1.29, 1.82) is 0 Å². The molecular weight excluding hydrogens is 268 g/mol. The average Bonchev–Trinajstić information content (AvgIpc) is 2.94. The Morgan fingerprint density at radius 3 is 2.94 bits per heavy atom. The molecule has 1 nitrogen and oxygen atoms in total. The number of hydrogen-bond acceptors (Lipinski definition) is 4. The highest BCUT2D eigenvalue weighted by Crippen LogP contribution is 2.31. The zero-order valence-electron chi connectivity index (χ0n) is 9.38. The molecule has 0 saturated heterocycles. The highest BCUT2D eigenvalue weighted by Gasteiger charge is 2.01. The molecule has 0 amide bonds. The van der Waals surface area contributed by atoms with Crippen LogP contribution < -0.4 is 0 Å². The maximum atomic E-state index is 10.7. The van der Waals surface area contributed by atoms with E-state index in [-0.39, 0.29) is 5.12 Å². The summed E-state index contributed by atoms with van der Waals surface area (Å²) in [7, 11) is 0. The van der Waals surface area contributed by atoms with Crippen LogP contribution in [0.3, 0.4) is 0 Å². The summed E-state index contributed by atoms with van der Waals surface area (Å²) in [4.78, 5) is 14.6. The molecule has 17 heavy (non-hydrogen) atoms. The summed E-state index contributed by atoms with van der Waals surface area (Å²) >= 11 is 4.87. The molecule has 0 saturated carbocycles. The minimum Gasteiger partial charge on any atom is -0.288 e. The summed E-state index contributed by atoms with van der Waals surface area (Å²) in [5, 5.41) is 2.26. The fraction of sp³-hybridized carbons (Fsp3) is 0.154. The van der Waals surface area contributed by atoms with Crippen molar-refractivity contribution in [3.8, 4) is 9.75 Å². The number of thioether (sulfide) groups is 1. The van der Waals surface area contributed by atoms with Gasteiger partial charge in [0.15, 0.2) is 5.12 Å². The normalized spacial score (nSPS) is 11.1. The van der Waals surface area contributed by atoms with Crippen LogP contribution in [-0.4, -0.2) is 10.9 Å². The van der Waals surface area contributed by atoms with Crippen LogP contribution in [0.15, 0.2) is 35.7 Å². The van der Waals surface area contributed by atoms with Crippen LogP contribution in [0.5, 0.6) is 0 Å². The third-order valence-electron chi connectivity index (χ3n) is 2.06. The van der Waals surface area contributed by atoms with Gasteiger partial charge in [0, 0.05) is 27.3 Å². The lowest BCUT2D eigenvalue weighted by atomic mass is 10.3. The summed E-state index contributed by atoms with van der Waals surface area (Å²) in [5.41, 5.74) is 0. The molecule has 2 aromatic rings. The van der Waals surface area contributed by atoms with Gasteiger partial charge in [-0.3, -0.25) is 4.79 Å². The van der Waals surface area contributed by atoms with Crippen molar-refractivity contribution in [3.63, 3.8) is 0 Å². The van der Waals surface area contributed by atoms with Gasteiger partial charge in [-0.05, 0) is 29.7 Å². The highest BCUT2D eigenvalue weighted by molar-refractivity contribution is 8.13. The van der Waals surface area contributed by atoms with Gasteiger partial charge >= 0.3 is 0 Å². The largest absolute Gasteiger partial charge is 0.288 e. The van der Waals surface area contributed by atoms with Crippen molar-refractivity contribution in [2.45, 2.75) is 6.92 Å². The predicted molar refractivity (Wildman–Crippen MR) is 79.8 cm³/mol. The summed E-state index contributed by atoms with van der Waals surface area (Å²) in [6.07, 6.45) is 4.12. The first kappa shape index (κ1) is 12.6. The Kier molecular flexibility index (Phi) is 4.59. The van der Waals surface area contributed by atoms with E-state index in [9.17, 15) is 4.79 Å². The first-order valence-electron chi connectivity index (χ1n) is 5.19. The van der Waals surface area contributed by atoms with Crippen LogP contribution in [0.2, 0.25) is 0 Å². The molecule has 2 rings (SSSR count). The molecule has 0 bridgehead atoms. The van der Waals surface area contributed by atoms with Gasteiger partial charge < -0.3 is 0 Å². The SMILES string of the molecule is CC(=O)SCC=Cc1ccc(-c2cccs2)s1. The van der Waals surface area contributed by atoms with E-state index in [1.165, 1.54) is 26.4 Å². The predicted octanol–water partition coefficient (Wildman–Crippen LogP) is 4.77. The van der Waals surface area contributed by atoms with Gasteiger partial charge in [0.05, 0.1) is 0 Å². The van der Waals surface area contributed by atoms with E-state index >= 15 is 0 Å². The average molecular weight is 280 g/mol. The van der Waals surface area contributed by atoms with Crippen molar-refractivity contribution < 1.29 is 4.79 Å². The Morgan fingerprint density at radius 1 is 1.35 bits per heavy atom. The molecule has 0 aromatic carbocycles. The van der Waals surface area contributed by atoms with Crippen molar-refractivity contribution in [3.05, 3.63) is 40.6 Å². The second-order valence-corrected chi connectivity index (χ2v) is 6.64. The molecule has 0 atom stereocenters. The fourth-order valence-electron chi connectivity index (χ4n) is 1.32. The lowest BCUT2D eigenvalue weighted by Crippen LogP contribution is -1.80. The van der Waals surface area contributed by atoms with Gasteiger partial charge in [-0.15, -0.1) is 22.7 Å². The Labute approximate surface area is 113 Å². The molecule has 0 spiro atoms. The molecule has 4 heteroatoms. The maximum absolute atomic E-state index is 10.7. The molecule has 0 aliphatic carbocycles. The number of thiophene rings is 2. The quantitative estimate of drug-likeness (QED) is 0.802. The van der Waals surface area contributed by atoms with Gasteiger partial charge in [-0.2, -0.15) is 0 Å². The van der Waals surface area contributed by atoms with Crippen LogP contribution in [0.4, 0.5) is 0 Å². The zero-order chi connectivity index (χ0) is 12.1. The van der Waals surface area contributed by atoms with Crippen molar-refractivity contribution in [2.75, 3.05) is 5.75 Å². The van der Waals surface area contributed by atoms with E-state index < -0.39 is 0 Å². The van der Waals surface area contributed by atoms with Gasteiger partial charge in [-0.1, -0.05) is 23.9 Å². The molecule has 0 aliphatic rings. The Bertz CT molecular complexity index is 509. The zero-order valence-corrected chi connectivity index (χ0v) is 11.8. The summed E-state index contributed by atoms with van der Waals surface area (Å²) < 4.78 is 0. The van der Waals surface area contributed by atoms with Gasteiger partial charge in [0.2, 0.25) is 0 Å². The number of rotatable bonds is 4. The van der Waals surface area contributed by atoms with E-state index in [1.54, 1.807) is 29.6 Å². The molecule has 0 unspecified atom stereocenters. The summed E-state index contributed by atoms with van der Waals surface area (Å²) in [6, 6.07) is 8.47. The third-order valence-corrected chi connectivity index (χ3v) is 4.94. The molecule has 2 heterocycles. The minimum absolute atomic E-state index is 0.167. The summed E-state index contributed by atoms with van der Waals surface area (Å²) in [5.74, 6) is 0.752. The van der Waals surface area contributed by atoms with Crippen molar-refractivity contribution >= 4 is 45.6 Å². The van der Waals surface area contributed by atoms with Crippen LogP contribution >= 0.6 is 34.4 Å². The van der Waals surface area contributed by atoms with Gasteiger partial charge in [-0.25, -0.2) is 0 Å². The lowest BCUT2D eigenvalue weighted by molar-refractivity contribution is -0.109. The van der Waals surface area contributed by atoms with Crippen LogP contribution in [0.25, 0.3) is 15.8 Å². The van der Waals surface area contributed by atoms with E-state index in [0.717, 1.165) is 5.75 Å². The Balaban J connectivity index is 1.97. The van der Waals surface area contributed by atoms with E-state index in [1.807, 2.05) is 6.08 Å². The molecule has 0 N–H and O–H groups in total. The molecular formula is C13H12OS3. The van der Waals surface area contributed by atoms with Gasteiger partial charge in [0.1, 0.15) is 0 Å². The molecule has 0 radical (unpaired) electrons. The van der Waals surface area contributed by atoms with Crippen LogP contribution in [0.1, 0.15) is 11.8 Å². The standard InChI is InChI=1S/C13H12OS3/c1-10(14)15-8-2-4-11-6-7-13(17-11)12-5-3-9-16-12/h2-7,9H,8H2,1H3. The van der Waals surface area contributed by atoms with E-state index in [4.69, 9.17) is 0 Å². The third kappa shape index (κ3) is 3.84. The smallest absolute Gasteiger partial charge is 0.186 e. The highest BCUT2D eigenvalue weighted by atomic mass is 32.2. The maximum Gasteiger partial charge on any atom is 0.186 e. The van der Waals surface area contributed by atoms with Gasteiger partial charge in [0.25, 0.3) is 0 Å². The molecule has 2 aromatic heterocycles. The number of hydrogen-bond donors (Lipinski definition) is 0. The Hall–Kier alpha value is -0.840. The number of carbonyl (C=O) groups excluding carboxylic acids is 1. The first-order chi connectivity index (χ1) is 8.25. The molecule has 88 valence electrons. The van der Waals surface area contributed by atoms with Crippen molar-refractivity contribution in [1.82, 2.24) is 0 Å². The lowest BCUT2D eigenvalue weighted by Gasteiger charge is -1.89. The van der Waals surface area contributed by atoms with Crippen molar-refractivity contribution in [2.24, 2.45) is 0 Å². The second kappa shape index (κ2) is 6.19. The second-order valence-electron chi connectivity index (χ2n) is 3.38. The van der Waals surface area contributed by atoms with Crippen LogP contribution in [-0.2, 0) is 4.79 Å². The van der Waals surface area contributed by atoms with E-state index in [0.29, 0.717) is 0 Å². The summed E-state index contributed by atoms with van der Waals surface area (Å²) in [6.45, 7) is 1.60. The topological polar surface area (TPSA) is 17.1 Å². The molecule has 0 aliphatic heterocycles. The number of carbonyl (C=O) groups is 1. The van der Waals surface area contributed by atoms with Crippen LogP contribution in [0, 0.1) is 0 Å². The Morgan fingerprint density at radius 2 is 2.24 bits per heavy atom. The minimum atomic E-state index is 0.167. The first-order valence-corrected chi connectivity index (χ1v) is 7.87. The molecule has 0 fully saturated rings. The van der Waals surface area contributed by atoms with E-state index in [2.05, 4.69) is 35.7 Å².